The van der Waals surface area contributed by atoms with E-state index < -0.39 is 0 Å². The predicted octanol–water partition coefficient (Wildman–Crippen LogP) is 3.98. The number of aromatic nitrogens is 2. The van der Waals surface area contributed by atoms with Gasteiger partial charge < -0.3 is 14.2 Å². The van der Waals surface area contributed by atoms with E-state index in [1.807, 2.05) is 16.8 Å². The highest BCUT2D eigenvalue weighted by Gasteiger charge is 2.29. The number of unbranched alkanes of at least 4 members (excludes halogenated alkanes) is 1. The molecule has 2 heterocycles. The number of amides is 2. The van der Waals surface area contributed by atoms with Gasteiger partial charge in [-0.15, -0.1) is 10.2 Å². The Balaban J connectivity index is 1.44. The van der Waals surface area contributed by atoms with Crippen LogP contribution in [0.15, 0.2) is 33.9 Å². The number of carbonyl (C=O) groups is 2. The van der Waals surface area contributed by atoms with E-state index >= 15 is 0 Å². The fraction of sp³-hybridized carbons (Fsp3) is 0.524. The van der Waals surface area contributed by atoms with Crippen LogP contribution >= 0.6 is 23.4 Å². The monoisotopic (exact) mass is 450 g/mol. The lowest BCUT2D eigenvalue weighted by Crippen LogP contribution is -2.44. The molecule has 0 atom stereocenters. The summed E-state index contributed by atoms with van der Waals surface area (Å²) in [6.07, 6.45) is 3.52. The van der Waals surface area contributed by atoms with E-state index in [0.717, 1.165) is 24.9 Å². The Hall–Kier alpha value is -2.06. The first-order valence-electron chi connectivity index (χ1n) is 10.2. The SMILES string of the molecule is CCCCN(C)C(=O)C1CCN(C(=O)CSc2nnc(-c3ccc(Cl)cc3)o2)CC1. The van der Waals surface area contributed by atoms with Gasteiger partial charge in [-0.2, -0.15) is 0 Å². The van der Waals surface area contributed by atoms with Crippen LogP contribution in [0.5, 0.6) is 0 Å². The molecule has 1 fully saturated rings. The molecule has 162 valence electrons. The number of thioether (sulfide) groups is 1. The number of nitrogens with zero attached hydrogens (tertiary/aromatic N) is 4. The molecule has 0 bridgehead atoms. The molecule has 1 aromatic heterocycles. The van der Waals surface area contributed by atoms with Crippen molar-refractivity contribution in [2.24, 2.45) is 5.92 Å². The van der Waals surface area contributed by atoms with Gasteiger partial charge in [-0.3, -0.25) is 9.59 Å². The van der Waals surface area contributed by atoms with Gasteiger partial charge in [-0.25, -0.2) is 0 Å². The van der Waals surface area contributed by atoms with Gasteiger partial charge in [0.05, 0.1) is 5.75 Å². The van der Waals surface area contributed by atoms with Crippen LogP contribution in [0.25, 0.3) is 11.5 Å². The highest BCUT2D eigenvalue weighted by atomic mass is 35.5. The summed E-state index contributed by atoms with van der Waals surface area (Å²) < 4.78 is 5.63. The zero-order chi connectivity index (χ0) is 21.5. The third-order valence-corrected chi connectivity index (χ3v) is 6.29. The maximum absolute atomic E-state index is 12.5. The van der Waals surface area contributed by atoms with Gasteiger partial charge in [-0.05, 0) is 43.5 Å². The van der Waals surface area contributed by atoms with E-state index in [0.29, 0.717) is 42.1 Å². The summed E-state index contributed by atoms with van der Waals surface area (Å²) >= 11 is 7.12. The first kappa shape index (κ1) is 22.6. The minimum absolute atomic E-state index is 0.0152. The van der Waals surface area contributed by atoms with E-state index in [4.69, 9.17) is 16.0 Å². The predicted molar refractivity (Wildman–Crippen MR) is 117 cm³/mol. The number of piperidine rings is 1. The van der Waals surface area contributed by atoms with Crippen LogP contribution in [0.2, 0.25) is 5.02 Å². The smallest absolute Gasteiger partial charge is 0.277 e. The van der Waals surface area contributed by atoms with Crippen LogP contribution in [0, 0.1) is 5.92 Å². The minimum Gasteiger partial charge on any atom is -0.411 e. The van der Waals surface area contributed by atoms with Crippen molar-refractivity contribution in [3.63, 3.8) is 0 Å². The molecular weight excluding hydrogens is 424 g/mol. The van der Waals surface area contributed by atoms with Gasteiger partial charge >= 0.3 is 0 Å². The van der Waals surface area contributed by atoms with Crippen molar-refractivity contribution >= 4 is 35.2 Å². The second kappa shape index (κ2) is 10.8. The minimum atomic E-state index is 0.0152. The largest absolute Gasteiger partial charge is 0.411 e. The molecule has 0 saturated carbocycles. The van der Waals surface area contributed by atoms with Crippen LogP contribution in [-0.4, -0.2) is 64.2 Å². The third kappa shape index (κ3) is 5.98. The molecule has 3 rings (SSSR count). The lowest BCUT2D eigenvalue weighted by Gasteiger charge is -2.33. The topological polar surface area (TPSA) is 79.5 Å². The zero-order valence-electron chi connectivity index (χ0n) is 17.3. The Morgan fingerprint density at radius 3 is 2.60 bits per heavy atom. The second-order valence-corrected chi connectivity index (χ2v) is 8.80. The molecule has 0 aliphatic carbocycles. The number of halogens is 1. The molecule has 0 unspecified atom stereocenters. The first-order valence-corrected chi connectivity index (χ1v) is 11.6. The average Bonchev–Trinajstić information content (AvgIpc) is 3.25. The maximum atomic E-state index is 12.5. The van der Waals surface area contributed by atoms with Gasteiger partial charge in [0.1, 0.15) is 0 Å². The molecule has 9 heteroatoms. The van der Waals surface area contributed by atoms with E-state index in [-0.39, 0.29) is 23.5 Å². The van der Waals surface area contributed by atoms with E-state index in [2.05, 4.69) is 17.1 Å². The molecule has 30 heavy (non-hydrogen) atoms. The maximum Gasteiger partial charge on any atom is 0.277 e. The quantitative estimate of drug-likeness (QED) is 0.566. The number of carbonyl (C=O) groups excluding carboxylic acids is 2. The fourth-order valence-corrected chi connectivity index (χ4v) is 4.18. The summed E-state index contributed by atoms with van der Waals surface area (Å²) in [6.45, 7) is 4.13. The van der Waals surface area contributed by atoms with Gasteiger partial charge in [0.25, 0.3) is 5.22 Å². The van der Waals surface area contributed by atoms with E-state index in [9.17, 15) is 9.59 Å². The number of hydrogen-bond donors (Lipinski definition) is 0. The van der Waals surface area contributed by atoms with Crippen LogP contribution in [0.1, 0.15) is 32.6 Å². The van der Waals surface area contributed by atoms with Gasteiger partial charge in [-0.1, -0.05) is 36.7 Å². The molecule has 2 aromatic rings. The van der Waals surface area contributed by atoms with Gasteiger partial charge in [0, 0.05) is 43.2 Å². The van der Waals surface area contributed by atoms with Crippen LogP contribution in [0.4, 0.5) is 0 Å². The summed E-state index contributed by atoms with van der Waals surface area (Å²) in [6, 6.07) is 7.13. The Morgan fingerprint density at radius 1 is 1.23 bits per heavy atom. The van der Waals surface area contributed by atoms with Crippen molar-refractivity contribution in [2.45, 2.75) is 37.8 Å². The number of likely N-dealkylation sites (tertiary alicyclic amines) is 1. The number of hydrogen-bond acceptors (Lipinski definition) is 6. The van der Waals surface area contributed by atoms with Gasteiger partial charge in [0.15, 0.2) is 0 Å². The van der Waals surface area contributed by atoms with Crippen molar-refractivity contribution in [3.05, 3.63) is 29.3 Å². The van der Waals surface area contributed by atoms with Gasteiger partial charge in [0.2, 0.25) is 17.7 Å². The lowest BCUT2D eigenvalue weighted by atomic mass is 9.95. The summed E-state index contributed by atoms with van der Waals surface area (Å²) in [7, 11) is 1.87. The number of rotatable bonds is 8. The van der Waals surface area contributed by atoms with Crippen molar-refractivity contribution in [1.29, 1.82) is 0 Å². The molecule has 1 aliphatic heterocycles. The third-order valence-electron chi connectivity index (χ3n) is 5.24. The Morgan fingerprint density at radius 2 is 1.93 bits per heavy atom. The zero-order valence-corrected chi connectivity index (χ0v) is 18.9. The van der Waals surface area contributed by atoms with E-state index in [1.165, 1.54) is 11.8 Å². The Labute approximate surface area is 186 Å². The first-order chi connectivity index (χ1) is 14.5. The summed E-state index contributed by atoms with van der Waals surface area (Å²) in [5.41, 5.74) is 0.778. The average molecular weight is 451 g/mol. The Bertz CT molecular complexity index is 850. The van der Waals surface area contributed by atoms with E-state index in [1.54, 1.807) is 24.3 Å². The number of benzene rings is 1. The highest BCUT2D eigenvalue weighted by Crippen LogP contribution is 2.25. The normalized spacial score (nSPS) is 14.7. The molecule has 0 radical (unpaired) electrons. The summed E-state index contributed by atoms with van der Waals surface area (Å²) in [5.74, 6) is 0.869. The standard InChI is InChI=1S/C21H27ClN4O3S/c1-3-4-11-25(2)20(28)16-9-12-26(13-10-16)18(27)14-30-21-24-23-19(29-21)15-5-7-17(22)8-6-15/h5-8,16H,3-4,9-14H2,1-2H3. The second-order valence-electron chi connectivity index (χ2n) is 7.44. The molecule has 0 spiro atoms. The fourth-order valence-electron chi connectivity index (χ4n) is 3.38. The summed E-state index contributed by atoms with van der Waals surface area (Å²) in [5, 5.41) is 9.02. The van der Waals surface area contributed by atoms with Crippen molar-refractivity contribution < 1.29 is 14.0 Å². The molecular formula is C21H27ClN4O3S. The van der Waals surface area contributed by atoms with Crippen molar-refractivity contribution in [3.8, 4) is 11.5 Å². The lowest BCUT2D eigenvalue weighted by molar-refractivity contribution is -0.138. The molecule has 2 amide bonds. The van der Waals surface area contributed by atoms with Crippen LogP contribution < -0.4 is 0 Å². The highest BCUT2D eigenvalue weighted by molar-refractivity contribution is 7.99. The molecule has 0 N–H and O–H groups in total. The van der Waals surface area contributed by atoms with Crippen LogP contribution in [-0.2, 0) is 9.59 Å². The summed E-state index contributed by atoms with van der Waals surface area (Å²) in [4.78, 5) is 28.7. The Kier molecular flexibility index (Phi) is 8.16. The molecule has 1 aromatic carbocycles. The molecule has 7 nitrogen and oxygen atoms in total. The molecule has 1 aliphatic rings. The van der Waals surface area contributed by atoms with Crippen molar-refractivity contribution in [1.82, 2.24) is 20.0 Å². The van der Waals surface area contributed by atoms with Crippen molar-refractivity contribution in [2.75, 3.05) is 32.4 Å². The van der Waals surface area contributed by atoms with Crippen LogP contribution in [0.3, 0.4) is 0 Å². The molecule has 1 saturated heterocycles.